The number of hydrogen-bond acceptors (Lipinski definition) is 5. The molecule has 0 aromatic heterocycles. The van der Waals surface area contributed by atoms with Gasteiger partial charge in [0.05, 0.1) is 19.4 Å². The normalized spacial score (nSPS) is 18.6. The summed E-state index contributed by atoms with van der Waals surface area (Å²) in [4.78, 5) is 28.0. The molecule has 1 N–H and O–H groups in total. The number of hydrazone groups is 1. The third-order valence-electron chi connectivity index (χ3n) is 4.74. The summed E-state index contributed by atoms with van der Waals surface area (Å²) in [6.45, 7) is 4.59. The minimum atomic E-state index is -0.673. The van der Waals surface area contributed by atoms with Gasteiger partial charge < -0.3 is 14.5 Å². The number of carbonyl (C=O) groups is 2. The average Bonchev–Trinajstić information content (AvgIpc) is 2.98. The first-order valence-corrected chi connectivity index (χ1v) is 9.29. The van der Waals surface area contributed by atoms with Crippen molar-refractivity contribution in [2.75, 3.05) is 44.3 Å². The number of anilines is 1. The smallest absolute Gasteiger partial charge is 0.329 e. The van der Waals surface area contributed by atoms with Gasteiger partial charge in [0.15, 0.2) is 0 Å². The molecule has 1 aromatic carbocycles. The summed E-state index contributed by atoms with van der Waals surface area (Å²) in [6.07, 6.45) is 5.69. The summed E-state index contributed by atoms with van der Waals surface area (Å²) in [5.74, 6) is -1.17. The Balaban J connectivity index is 1.49. The van der Waals surface area contributed by atoms with Gasteiger partial charge in [0.1, 0.15) is 0 Å². The highest BCUT2D eigenvalue weighted by Gasteiger charge is 2.22. The SMILES string of the molecule is O=C(N/N=C\c1ccc(N2CCOCC2)cc1)C(=O)N1CCCCCC1. The number of nitrogens with one attached hydrogen (secondary N) is 1. The summed E-state index contributed by atoms with van der Waals surface area (Å²) >= 11 is 0. The number of nitrogens with zero attached hydrogens (tertiary/aromatic N) is 3. The van der Waals surface area contributed by atoms with E-state index in [1.807, 2.05) is 24.3 Å². The summed E-state index contributed by atoms with van der Waals surface area (Å²) in [5, 5.41) is 3.92. The standard InChI is InChI=1S/C19H26N4O3/c24-18(19(25)23-9-3-1-2-4-10-23)21-20-15-16-5-7-17(8-6-16)22-11-13-26-14-12-22/h5-8,15H,1-4,9-14H2,(H,21,24)/b20-15-. The maximum atomic E-state index is 12.1. The van der Waals surface area contributed by atoms with Crippen LogP contribution in [0.3, 0.4) is 0 Å². The molecule has 0 saturated carbocycles. The summed E-state index contributed by atoms with van der Waals surface area (Å²) < 4.78 is 5.36. The van der Waals surface area contributed by atoms with Crippen molar-refractivity contribution in [3.05, 3.63) is 29.8 Å². The lowest BCUT2D eigenvalue weighted by Gasteiger charge is -2.28. The Bertz CT molecular complexity index is 631. The molecule has 7 heteroatoms. The number of carbonyl (C=O) groups excluding carboxylic acids is 2. The number of ether oxygens (including phenoxy) is 1. The van der Waals surface area contributed by atoms with Crippen molar-refractivity contribution in [3.8, 4) is 0 Å². The van der Waals surface area contributed by atoms with E-state index in [9.17, 15) is 9.59 Å². The van der Waals surface area contributed by atoms with E-state index in [-0.39, 0.29) is 0 Å². The Hall–Kier alpha value is -2.41. The zero-order valence-electron chi connectivity index (χ0n) is 15.0. The highest BCUT2D eigenvalue weighted by molar-refractivity contribution is 6.35. The topological polar surface area (TPSA) is 74.2 Å². The molecule has 2 aliphatic rings. The molecule has 140 valence electrons. The Morgan fingerprint density at radius 3 is 2.27 bits per heavy atom. The largest absolute Gasteiger partial charge is 0.378 e. The fourth-order valence-corrected chi connectivity index (χ4v) is 3.22. The average molecular weight is 358 g/mol. The zero-order chi connectivity index (χ0) is 18.2. The Labute approximate surface area is 154 Å². The van der Waals surface area contributed by atoms with E-state index in [1.54, 1.807) is 11.1 Å². The Kier molecular flexibility index (Phi) is 6.60. The number of rotatable bonds is 3. The quantitative estimate of drug-likeness (QED) is 0.503. The van der Waals surface area contributed by atoms with Crippen LogP contribution in [-0.4, -0.2) is 62.3 Å². The van der Waals surface area contributed by atoms with Crippen LogP contribution in [0.4, 0.5) is 5.69 Å². The van der Waals surface area contributed by atoms with Gasteiger partial charge in [-0.1, -0.05) is 25.0 Å². The van der Waals surface area contributed by atoms with Gasteiger partial charge in [-0.3, -0.25) is 9.59 Å². The van der Waals surface area contributed by atoms with Gasteiger partial charge in [0.2, 0.25) is 0 Å². The molecule has 2 aliphatic heterocycles. The predicted octanol–water partition coefficient (Wildman–Crippen LogP) is 1.38. The molecule has 2 heterocycles. The fraction of sp³-hybridized carbons (Fsp3) is 0.526. The van der Waals surface area contributed by atoms with Crippen LogP contribution in [0.15, 0.2) is 29.4 Å². The molecule has 0 unspecified atom stereocenters. The van der Waals surface area contributed by atoms with E-state index in [2.05, 4.69) is 15.4 Å². The predicted molar refractivity (Wildman–Crippen MR) is 100 cm³/mol. The van der Waals surface area contributed by atoms with E-state index in [0.717, 1.165) is 63.2 Å². The van der Waals surface area contributed by atoms with Crippen LogP contribution in [0.25, 0.3) is 0 Å². The van der Waals surface area contributed by atoms with Crippen molar-refractivity contribution in [1.29, 1.82) is 0 Å². The monoisotopic (exact) mass is 358 g/mol. The molecule has 7 nitrogen and oxygen atoms in total. The molecule has 26 heavy (non-hydrogen) atoms. The molecule has 0 spiro atoms. The van der Waals surface area contributed by atoms with Crippen molar-refractivity contribution in [2.45, 2.75) is 25.7 Å². The lowest BCUT2D eigenvalue weighted by atomic mass is 10.2. The second-order valence-electron chi connectivity index (χ2n) is 6.60. The summed E-state index contributed by atoms with van der Waals surface area (Å²) in [6, 6.07) is 7.93. The van der Waals surface area contributed by atoms with Gasteiger partial charge >= 0.3 is 11.8 Å². The highest BCUT2D eigenvalue weighted by atomic mass is 16.5. The van der Waals surface area contributed by atoms with Crippen LogP contribution in [0.5, 0.6) is 0 Å². The molecule has 2 amide bonds. The molecule has 0 aliphatic carbocycles. The van der Waals surface area contributed by atoms with Crippen LogP contribution >= 0.6 is 0 Å². The number of likely N-dealkylation sites (tertiary alicyclic amines) is 1. The number of hydrogen-bond donors (Lipinski definition) is 1. The van der Waals surface area contributed by atoms with Crippen LogP contribution < -0.4 is 10.3 Å². The van der Waals surface area contributed by atoms with Gasteiger partial charge in [0.25, 0.3) is 0 Å². The molecule has 2 fully saturated rings. The van der Waals surface area contributed by atoms with E-state index in [4.69, 9.17) is 4.74 Å². The van der Waals surface area contributed by atoms with Crippen molar-refractivity contribution in [3.63, 3.8) is 0 Å². The van der Waals surface area contributed by atoms with Gasteiger partial charge in [-0.05, 0) is 30.5 Å². The highest BCUT2D eigenvalue weighted by Crippen LogP contribution is 2.16. The Morgan fingerprint density at radius 1 is 0.962 bits per heavy atom. The lowest BCUT2D eigenvalue weighted by Crippen LogP contribution is -2.41. The summed E-state index contributed by atoms with van der Waals surface area (Å²) in [5.41, 5.74) is 4.35. The van der Waals surface area contributed by atoms with Crippen molar-refractivity contribution >= 4 is 23.7 Å². The van der Waals surface area contributed by atoms with E-state index in [0.29, 0.717) is 13.1 Å². The first-order valence-electron chi connectivity index (χ1n) is 9.29. The number of morpholine rings is 1. The third kappa shape index (κ3) is 5.05. The molecule has 0 atom stereocenters. The maximum absolute atomic E-state index is 12.1. The Morgan fingerprint density at radius 2 is 1.62 bits per heavy atom. The van der Waals surface area contributed by atoms with Crippen molar-refractivity contribution in [2.24, 2.45) is 5.10 Å². The van der Waals surface area contributed by atoms with Crippen LogP contribution in [0.2, 0.25) is 0 Å². The second kappa shape index (κ2) is 9.33. The second-order valence-corrected chi connectivity index (χ2v) is 6.60. The van der Waals surface area contributed by atoms with Crippen LogP contribution in [0.1, 0.15) is 31.2 Å². The minimum Gasteiger partial charge on any atom is -0.378 e. The van der Waals surface area contributed by atoms with E-state index >= 15 is 0 Å². The molecule has 3 rings (SSSR count). The molecule has 1 aromatic rings. The van der Waals surface area contributed by atoms with Gasteiger partial charge in [-0.25, -0.2) is 5.43 Å². The molecule has 2 saturated heterocycles. The molecular formula is C19H26N4O3. The number of amides is 2. The minimum absolute atomic E-state index is 0.494. The first kappa shape index (κ1) is 18.4. The third-order valence-corrected chi connectivity index (χ3v) is 4.74. The van der Waals surface area contributed by atoms with Crippen molar-refractivity contribution < 1.29 is 14.3 Å². The van der Waals surface area contributed by atoms with Crippen molar-refractivity contribution in [1.82, 2.24) is 10.3 Å². The fourth-order valence-electron chi connectivity index (χ4n) is 3.22. The van der Waals surface area contributed by atoms with Crippen LogP contribution in [0, 0.1) is 0 Å². The molecular weight excluding hydrogens is 332 g/mol. The van der Waals surface area contributed by atoms with E-state index in [1.165, 1.54) is 0 Å². The molecule has 0 radical (unpaired) electrons. The maximum Gasteiger partial charge on any atom is 0.329 e. The first-order chi connectivity index (χ1) is 12.7. The van der Waals surface area contributed by atoms with Crippen LogP contribution in [-0.2, 0) is 14.3 Å². The number of benzene rings is 1. The van der Waals surface area contributed by atoms with Gasteiger partial charge in [-0.2, -0.15) is 5.10 Å². The summed E-state index contributed by atoms with van der Waals surface area (Å²) in [7, 11) is 0. The van der Waals surface area contributed by atoms with E-state index < -0.39 is 11.8 Å². The zero-order valence-corrected chi connectivity index (χ0v) is 15.0. The van der Waals surface area contributed by atoms with Gasteiger partial charge in [0, 0.05) is 31.9 Å². The van der Waals surface area contributed by atoms with Gasteiger partial charge in [-0.15, -0.1) is 0 Å². The molecule has 0 bridgehead atoms. The lowest BCUT2D eigenvalue weighted by molar-refractivity contribution is -0.145.